The highest BCUT2D eigenvalue weighted by Gasteiger charge is 2.38. The van der Waals surface area contributed by atoms with Gasteiger partial charge in [0, 0.05) is 5.56 Å². The predicted octanol–water partition coefficient (Wildman–Crippen LogP) is 5.67. The van der Waals surface area contributed by atoms with Crippen LogP contribution in [0, 0.1) is 0 Å². The molecule has 156 valence electrons. The molecular weight excluding hydrogens is 376 g/mol. The van der Waals surface area contributed by atoms with Crippen molar-refractivity contribution in [1.82, 2.24) is 0 Å². The van der Waals surface area contributed by atoms with E-state index in [0.717, 1.165) is 29.2 Å². The summed E-state index contributed by atoms with van der Waals surface area (Å²) in [5.74, 6) is -0.862. The number of carboxylic acids is 1. The van der Waals surface area contributed by atoms with Crippen molar-refractivity contribution in [3.05, 3.63) is 76.3 Å². The van der Waals surface area contributed by atoms with Gasteiger partial charge in [0.1, 0.15) is 11.9 Å². The van der Waals surface area contributed by atoms with Crippen LogP contribution in [0.4, 0.5) is 0 Å². The first-order valence-electron chi connectivity index (χ1n) is 10.3. The molecule has 4 heteroatoms. The largest absolute Gasteiger partial charge is 0.508 e. The van der Waals surface area contributed by atoms with Gasteiger partial charge in [-0.25, -0.2) is 4.79 Å². The third-order valence-electron chi connectivity index (χ3n) is 6.72. The van der Waals surface area contributed by atoms with Gasteiger partial charge in [-0.15, -0.1) is 0 Å². The van der Waals surface area contributed by atoms with Gasteiger partial charge >= 0.3 is 5.97 Å². The molecule has 1 unspecified atom stereocenters. The molecule has 0 amide bonds. The lowest BCUT2D eigenvalue weighted by Crippen LogP contribution is -2.34. The van der Waals surface area contributed by atoms with E-state index in [1.807, 2.05) is 24.3 Å². The summed E-state index contributed by atoms with van der Waals surface area (Å²) in [5, 5.41) is 32.7. The lowest BCUT2D eigenvalue weighted by molar-refractivity contribution is 0.0697. The van der Waals surface area contributed by atoms with Crippen LogP contribution in [-0.4, -0.2) is 21.3 Å². The van der Waals surface area contributed by atoms with Crippen molar-refractivity contribution in [3.63, 3.8) is 0 Å². The number of phenols is 1. The minimum atomic E-state index is -0.973. The number of carboxylic acid groups (broad SMARTS) is 1. The van der Waals surface area contributed by atoms with Gasteiger partial charge in [-0.3, -0.25) is 0 Å². The maximum Gasteiger partial charge on any atom is 0.335 e. The fourth-order valence-electron chi connectivity index (χ4n) is 4.59. The molecule has 0 spiro atoms. The zero-order chi connectivity index (χ0) is 21.8. The molecule has 1 atom stereocenters. The van der Waals surface area contributed by atoms with Crippen molar-refractivity contribution in [1.29, 1.82) is 0 Å². The Labute approximate surface area is 176 Å². The number of aromatic carboxylic acids is 1. The lowest BCUT2D eigenvalue weighted by atomic mass is 9.62. The number of carbonyl (C=O) groups is 1. The summed E-state index contributed by atoms with van der Waals surface area (Å²) in [7, 11) is 0. The van der Waals surface area contributed by atoms with Crippen molar-refractivity contribution < 1.29 is 20.1 Å². The van der Waals surface area contributed by atoms with Gasteiger partial charge in [-0.05, 0) is 81.5 Å². The number of rotatable bonds is 3. The molecule has 0 saturated carbocycles. The Morgan fingerprint density at radius 3 is 2.07 bits per heavy atom. The molecule has 0 radical (unpaired) electrons. The topological polar surface area (TPSA) is 77.8 Å². The van der Waals surface area contributed by atoms with Gasteiger partial charge in [0.15, 0.2) is 0 Å². The third kappa shape index (κ3) is 3.35. The summed E-state index contributed by atoms with van der Waals surface area (Å²) in [6.07, 6.45) is 1.13. The highest BCUT2D eigenvalue weighted by atomic mass is 16.4. The maximum absolute atomic E-state index is 11.2. The molecule has 0 bridgehead atoms. The number of fused-ring (bicyclic) bond motifs is 2. The van der Waals surface area contributed by atoms with Gasteiger partial charge in [0.2, 0.25) is 0 Å². The van der Waals surface area contributed by atoms with Crippen LogP contribution < -0.4 is 0 Å². The van der Waals surface area contributed by atoms with Crippen LogP contribution in [-0.2, 0) is 10.8 Å². The predicted molar refractivity (Wildman–Crippen MR) is 118 cm³/mol. The van der Waals surface area contributed by atoms with E-state index in [9.17, 15) is 20.1 Å². The Bertz CT molecular complexity index is 1160. The zero-order valence-electron chi connectivity index (χ0n) is 17.9. The van der Waals surface area contributed by atoms with Crippen molar-refractivity contribution >= 4 is 16.7 Å². The highest BCUT2D eigenvalue weighted by Crippen LogP contribution is 2.48. The van der Waals surface area contributed by atoms with Crippen molar-refractivity contribution in [3.8, 4) is 5.75 Å². The van der Waals surface area contributed by atoms with Gasteiger partial charge < -0.3 is 15.3 Å². The molecule has 1 aliphatic rings. The zero-order valence-corrected chi connectivity index (χ0v) is 17.9. The summed E-state index contributed by atoms with van der Waals surface area (Å²) in [6, 6.07) is 14.2. The summed E-state index contributed by atoms with van der Waals surface area (Å²) in [4.78, 5) is 11.2. The van der Waals surface area contributed by atoms with E-state index in [-0.39, 0.29) is 22.1 Å². The van der Waals surface area contributed by atoms with Crippen LogP contribution in [0.15, 0.2) is 48.5 Å². The summed E-state index contributed by atoms with van der Waals surface area (Å²) in [5.41, 5.74) is 3.67. The lowest BCUT2D eigenvalue weighted by Gasteiger charge is -2.42. The number of benzene rings is 3. The second kappa shape index (κ2) is 6.85. The molecular formula is C26H28O4. The smallest absolute Gasteiger partial charge is 0.335 e. The Morgan fingerprint density at radius 2 is 1.43 bits per heavy atom. The van der Waals surface area contributed by atoms with E-state index in [1.54, 1.807) is 24.3 Å². The second-order valence-corrected chi connectivity index (χ2v) is 9.75. The molecule has 4 nitrogen and oxygen atoms in total. The number of aliphatic hydroxyl groups excluding tert-OH is 1. The minimum Gasteiger partial charge on any atom is -0.508 e. The second-order valence-electron chi connectivity index (χ2n) is 9.75. The SMILES string of the molecule is CC1(C)CCC(C)(C)c2cc(C(O)c3ccc4cc(C(=O)O)ccc4c3)c(O)cc21. The molecule has 0 aromatic heterocycles. The quantitative estimate of drug-likeness (QED) is 0.525. The average Bonchev–Trinajstić information content (AvgIpc) is 2.70. The number of hydrogen-bond donors (Lipinski definition) is 3. The summed E-state index contributed by atoms with van der Waals surface area (Å²) >= 11 is 0. The first-order valence-corrected chi connectivity index (χ1v) is 10.3. The first kappa shape index (κ1) is 20.4. The van der Waals surface area contributed by atoms with Crippen molar-refractivity contribution in [2.24, 2.45) is 0 Å². The number of phenolic OH excluding ortho intramolecular Hbond substituents is 1. The molecule has 30 heavy (non-hydrogen) atoms. The monoisotopic (exact) mass is 404 g/mol. The molecule has 4 rings (SSSR count). The maximum atomic E-state index is 11.2. The Hall–Kier alpha value is -2.85. The van der Waals surface area contributed by atoms with Crippen LogP contribution in [0.3, 0.4) is 0 Å². The molecule has 0 saturated heterocycles. The van der Waals surface area contributed by atoms with Gasteiger partial charge in [0.05, 0.1) is 5.56 Å². The Morgan fingerprint density at radius 1 is 0.867 bits per heavy atom. The molecule has 3 N–H and O–H groups in total. The first-order chi connectivity index (χ1) is 14.0. The standard InChI is InChI=1S/C26H28O4/c1-25(2)9-10-26(3,4)21-14-22(27)19(13-20(21)25)23(28)17-7-5-16-12-18(24(29)30)8-6-15(16)11-17/h5-8,11-14,23,27-28H,9-10H2,1-4H3,(H,29,30). The van der Waals surface area contributed by atoms with Crippen LogP contribution in [0.25, 0.3) is 10.8 Å². The Kier molecular flexibility index (Phi) is 4.66. The molecule has 0 heterocycles. The van der Waals surface area contributed by atoms with Gasteiger partial charge in [-0.1, -0.05) is 45.9 Å². The van der Waals surface area contributed by atoms with Crippen LogP contribution in [0.2, 0.25) is 0 Å². The van der Waals surface area contributed by atoms with E-state index in [4.69, 9.17) is 0 Å². The Balaban J connectivity index is 1.79. The number of aliphatic hydroxyl groups is 1. The van der Waals surface area contributed by atoms with E-state index in [2.05, 4.69) is 27.7 Å². The number of aromatic hydroxyl groups is 1. The molecule has 0 aliphatic heterocycles. The third-order valence-corrected chi connectivity index (χ3v) is 6.72. The fourth-order valence-corrected chi connectivity index (χ4v) is 4.59. The van der Waals surface area contributed by atoms with Crippen LogP contribution in [0.5, 0.6) is 5.75 Å². The van der Waals surface area contributed by atoms with Gasteiger partial charge in [-0.2, -0.15) is 0 Å². The molecule has 1 aliphatic carbocycles. The average molecular weight is 405 g/mol. The van der Waals surface area contributed by atoms with Crippen molar-refractivity contribution in [2.75, 3.05) is 0 Å². The van der Waals surface area contributed by atoms with Crippen LogP contribution in [0.1, 0.15) is 79.3 Å². The fraction of sp³-hybridized carbons (Fsp3) is 0.346. The van der Waals surface area contributed by atoms with E-state index < -0.39 is 12.1 Å². The van der Waals surface area contributed by atoms with Crippen molar-refractivity contribution in [2.45, 2.75) is 57.5 Å². The van der Waals surface area contributed by atoms with E-state index in [1.165, 1.54) is 5.56 Å². The summed E-state index contributed by atoms with van der Waals surface area (Å²) in [6.45, 7) is 8.82. The van der Waals surface area contributed by atoms with E-state index >= 15 is 0 Å². The summed E-state index contributed by atoms with van der Waals surface area (Å²) < 4.78 is 0. The van der Waals surface area contributed by atoms with Crippen LogP contribution >= 0.6 is 0 Å². The van der Waals surface area contributed by atoms with E-state index in [0.29, 0.717) is 11.1 Å². The molecule has 3 aromatic rings. The molecule has 0 fully saturated rings. The van der Waals surface area contributed by atoms with Gasteiger partial charge in [0.25, 0.3) is 0 Å². The normalized spacial score (nSPS) is 18.0. The highest BCUT2D eigenvalue weighted by molar-refractivity contribution is 5.94. The molecule has 3 aromatic carbocycles. The minimum absolute atomic E-state index is 0.0172. The number of hydrogen-bond acceptors (Lipinski definition) is 3.